The number of carbonyl (C=O) groups excluding carboxylic acids is 2. The van der Waals surface area contributed by atoms with Gasteiger partial charge < -0.3 is 10.1 Å². The summed E-state index contributed by atoms with van der Waals surface area (Å²) in [5.74, 6) is -0.736. The molecule has 0 spiro atoms. The second kappa shape index (κ2) is 9.24. The van der Waals surface area contributed by atoms with Crippen LogP contribution in [0.15, 0.2) is 12.2 Å². The van der Waals surface area contributed by atoms with Gasteiger partial charge in [-0.1, -0.05) is 19.8 Å². The summed E-state index contributed by atoms with van der Waals surface area (Å²) in [5, 5.41) is 2.68. The highest BCUT2D eigenvalue weighted by Crippen LogP contribution is 1.91. The van der Waals surface area contributed by atoms with Gasteiger partial charge in [-0.3, -0.25) is 4.79 Å². The van der Waals surface area contributed by atoms with Crippen molar-refractivity contribution in [3.05, 3.63) is 12.2 Å². The van der Waals surface area contributed by atoms with Gasteiger partial charge in [0.15, 0.2) is 0 Å². The Labute approximate surface area is 90.7 Å². The van der Waals surface area contributed by atoms with Crippen molar-refractivity contribution in [1.82, 2.24) is 5.32 Å². The van der Waals surface area contributed by atoms with Gasteiger partial charge in [0.25, 0.3) is 0 Å². The number of esters is 1. The van der Waals surface area contributed by atoms with E-state index >= 15 is 0 Å². The Morgan fingerprint density at radius 2 is 1.93 bits per heavy atom. The first kappa shape index (κ1) is 13.7. The van der Waals surface area contributed by atoms with Crippen molar-refractivity contribution in [2.75, 3.05) is 13.2 Å². The van der Waals surface area contributed by atoms with Crippen molar-refractivity contribution in [1.29, 1.82) is 0 Å². The fourth-order valence-electron chi connectivity index (χ4n) is 0.980. The Balaban J connectivity index is 3.59. The largest absolute Gasteiger partial charge is 0.463 e. The molecule has 86 valence electrons. The van der Waals surface area contributed by atoms with E-state index in [1.54, 1.807) is 6.92 Å². The maximum absolute atomic E-state index is 11.1. The second-order valence-corrected chi connectivity index (χ2v) is 3.08. The highest BCUT2D eigenvalue weighted by Gasteiger charge is 1.97. The summed E-state index contributed by atoms with van der Waals surface area (Å²) in [4.78, 5) is 21.9. The number of nitrogens with one attached hydrogen (secondary N) is 1. The van der Waals surface area contributed by atoms with E-state index in [-0.39, 0.29) is 5.91 Å². The first-order chi connectivity index (χ1) is 7.20. The van der Waals surface area contributed by atoms with Crippen LogP contribution in [0.5, 0.6) is 0 Å². The van der Waals surface area contributed by atoms with Crippen molar-refractivity contribution >= 4 is 11.9 Å². The molecule has 0 saturated heterocycles. The minimum Gasteiger partial charge on any atom is -0.463 e. The van der Waals surface area contributed by atoms with Gasteiger partial charge in [-0.2, -0.15) is 0 Å². The van der Waals surface area contributed by atoms with Crippen LogP contribution in [-0.4, -0.2) is 25.0 Å². The van der Waals surface area contributed by atoms with E-state index in [0.717, 1.165) is 25.3 Å². The molecule has 0 aromatic heterocycles. The van der Waals surface area contributed by atoms with Gasteiger partial charge in [-0.25, -0.2) is 4.79 Å². The Morgan fingerprint density at radius 3 is 2.53 bits per heavy atom. The molecule has 0 saturated carbocycles. The quantitative estimate of drug-likeness (QED) is 0.395. The summed E-state index contributed by atoms with van der Waals surface area (Å²) < 4.78 is 4.63. The number of hydrogen-bond acceptors (Lipinski definition) is 3. The SMILES string of the molecule is CCCCCNC(=O)/C=C/C(=O)OCC. The highest BCUT2D eigenvalue weighted by atomic mass is 16.5. The molecule has 1 N–H and O–H groups in total. The molecule has 0 bridgehead atoms. The van der Waals surface area contributed by atoms with Gasteiger partial charge in [0.1, 0.15) is 0 Å². The third-order valence-corrected chi connectivity index (χ3v) is 1.74. The summed E-state index contributed by atoms with van der Waals surface area (Å²) in [7, 11) is 0. The predicted octanol–water partition coefficient (Wildman–Crippen LogP) is 1.41. The van der Waals surface area contributed by atoms with Gasteiger partial charge >= 0.3 is 5.97 Å². The lowest BCUT2D eigenvalue weighted by Gasteiger charge is -2.00. The maximum Gasteiger partial charge on any atom is 0.330 e. The molecule has 4 heteroatoms. The van der Waals surface area contributed by atoms with Crippen LogP contribution in [0.4, 0.5) is 0 Å². The number of unbranched alkanes of at least 4 members (excludes halogenated alkanes) is 2. The lowest BCUT2D eigenvalue weighted by Crippen LogP contribution is -2.22. The molecule has 0 aliphatic rings. The highest BCUT2D eigenvalue weighted by molar-refractivity contribution is 5.94. The molecule has 0 aliphatic carbocycles. The van der Waals surface area contributed by atoms with E-state index in [9.17, 15) is 9.59 Å². The van der Waals surface area contributed by atoms with E-state index in [1.807, 2.05) is 0 Å². The van der Waals surface area contributed by atoms with Crippen molar-refractivity contribution < 1.29 is 14.3 Å². The summed E-state index contributed by atoms with van der Waals surface area (Å²) in [6.07, 6.45) is 5.52. The summed E-state index contributed by atoms with van der Waals surface area (Å²) in [5.41, 5.74) is 0. The van der Waals surface area contributed by atoms with Crippen LogP contribution in [0.1, 0.15) is 33.1 Å². The van der Waals surface area contributed by atoms with Crippen LogP contribution in [0.25, 0.3) is 0 Å². The first-order valence-corrected chi connectivity index (χ1v) is 5.33. The minimum atomic E-state index is -0.485. The predicted molar refractivity (Wildman–Crippen MR) is 58.3 cm³/mol. The molecule has 0 aromatic rings. The molecule has 1 amide bonds. The van der Waals surface area contributed by atoms with E-state index in [2.05, 4.69) is 17.0 Å². The van der Waals surface area contributed by atoms with Crippen molar-refractivity contribution in [2.24, 2.45) is 0 Å². The molecule has 0 rings (SSSR count). The van der Waals surface area contributed by atoms with E-state index in [0.29, 0.717) is 13.2 Å². The van der Waals surface area contributed by atoms with Crippen molar-refractivity contribution in [2.45, 2.75) is 33.1 Å². The van der Waals surface area contributed by atoms with Crippen LogP contribution < -0.4 is 5.32 Å². The summed E-state index contributed by atoms with van der Waals surface area (Å²) in [6, 6.07) is 0. The molecule has 15 heavy (non-hydrogen) atoms. The zero-order chi connectivity index (χ0) is 11.5. The van der Waals surface area contributed by atoms with Gasteiger partial charge in [-0.15, -0.1) is 0 Å². The van der Waals surface area contributed by atoms with E-state index in [1.165, 1.54) is 6.08 Å². The molecular weight excluding hydrogens is 194 g/mol. The fraction of sp³-hybridized carbons (Fsp3) is 0.636. The fourth-order valence-corrected chi connectivity index (χ4v) is 0.980. The van der Waals surface area contributed by atoms with Gasteiger partial charge in [0, 0.05) is 18.7 Å². The van der Waals surface area contributed by atoms with Crippen molar-refractivity contribution in [3.63, 3.8) is 0 Å². The Hall–Kier alpha value is -1.32. The number of amides is 1. The van der Waals surface area contributed by atoms with Crippen LogP contribution in [0, 0.1) is 0 Å². The van der Waals surface area contributed by atoms with Crippen LogP contribution >= 0.6 is 0 Å². The molecule has 0 atom stereocenters. The number of hydrogen-bond donors (Lipinski definition) is 1. The Kier molecular flexibility index (Phi) is 8.43. The zero-order valence-electron chi connectivity index (χ0n) is 9.41. The summed E-state index contributed by atoms with van der Waals surface area (Å²) in [6.45, 7) is 4.79. The third kappa shape index (κ3) is 9.00. The van der Waals surface area contributed by atoms with Crippen LogP contribution in [-0.2, 0) is 14.3 Å². The first-order valence-electron chi connectivity index (χ1n) is 5.33. The zero-order valence-corrected chi connectivity index (χ0v) is 9.41. The molecule has 0 aromatic carbocycles. The summed E-state index contributed by atoms with van der Waals surface area (Å²) >= 11 is 0. The average molecular weight is 213 g/mol. The van der Waals surface area contributed by atoms with Crippen LogP contribution in [0.2, 0.25) is 0 Å². The number of ether oxygens (including phenoxy) is 1. The molecule has 0 aliphatic heterocycles. The Morgan fingerprint density at radius 1 is 1.20 bits per heavy atom. The van der Waals surface area contributed by atoms with E-state index < -0.39 is 5.97 Å². The monoisotopic (exact) mass is 213 g/mol. The second-order valence-electron chi connectivity index (χ2n) is 3.08. The van der Waals surface area contributed by atoms with Gasteiger partial charge in [-0.05, 0) is 13.3 Å². The van der Waals surface area contributed by atoms with Crippen molar-refractivity contribution in [3.8, 4) is 0 Å². The topological polar surface area (TPSA) is 55.4 Å². The van der Waals surface area contributed by atoms with Crippen LogP contribution in [0.3, 0.4) is 0 Å². The number of rotatable bonds is 7. The molecule has 0 radical (unpaired) electrons. The van der Waals surface area contributed by atoms with Gasteiger partial charge in [0.05, 0.1) is 6.61 Å². The Bertz CT molecular complexity index is 224. The molecule has 0 fully saturated rings. The maximum atomic E-state index is 11.1. The lowest BCUT2D eigenvalue weighted by molar-refractivity contribution is -0.137. The third-order valence-electron chi connectivity index (χ3n) is 1.74. The molecular formula is C11H19NO3. The standard InChI is InChI=1S/C11H19NO3/c1-3-5-6-9-12-10(13)7-8-11(14)15-4-2/h7-8H,3-6,9H2,1-2H3,(H,12,13)/b8-7+. The minimum absolute atomic E-state index is 0.251. The molecule has 0 unspecified atom stereocenters. The molecule has 0 heterocycles. The molecule has 4 nitrogen and oxygen atoms in total. The smallest absolute Gasteiger partial charge is 0.330 e. The van der Waals surface area contributed by atoms with Gasteiger partial charge in [0.2, 0.25) is 5.91 Å². The normalized spacial score (nSPS) is 10.3. The van der Waals surface area contributed by atoms with E-state index in [4.69, 9.17) is 0 Å². The number of carbonyl (C=O) groups is 2. The average Bonchev–Trinajstić information content (AvgIpc) is 2.22. The lowest BCUT2D eigenvalue weighted by atomic mass is 10.2.